The molecule has 17 heavy (non-hydrogen) atoms. The lowest BCUT2D eigenvalue weighted by Crippen LogP contribution is -2.31. The van der Waals surface area contributed by atoms with E-state index in [1.54, 1.807) is 0 Å². The molecule has 1 aromatic rings. The number of hydrogen-bond donors (Lipinski definition) is 2. The van der Waals surface area contributed by atoms with Crippen molar-refractivity contribution < 1.29 is 5.11 Å². The predicted octanol–water partition coefficient (Wildman–Crippen LogP) is 3.56. The molecule has 1 rings (SSSR count). The van der Waals surface area contributed by atoms with Crippen LogP contribution in [-0.4, -0.2) is 17.3 Å². The summed E-state index contributed by atoms with van der Waals surface area (Å²) in [6.07, 6.45) is 0.744. The minimum absolute atomic E-state index is 0.0714. The van der Waals surface area contributed by atoms with Crippen molar-refractivity contribution in [2.24, 2.45) is 0 Å². The fourth-order valence-electron chi connectivity index (χ4n) is 1.79. The first-order chi connectivity index (χ1) is 7.74. The SMILES string of the molecule is CC(C)(CCO)Nc1ccc(C(C)(C)C)cc1. The predicted molar refractivity (Wildman–Crippen MR) is 74.5 cm³/mol. The van der Waals surface area contributed by atoms with Gasteiger partial charge in [-0.05, 0) is 43.4 Å². The number of anilines is 1. The van der Waals surface area contributed by atoms with Crippen molar-refractivity contribution >= 4 is 5.69 Å². The summed E-state index contributed by atoms with van der Waals surface area (Å²) in [5.74, 6) is 0. The quantitative estimate of drug-likeness (QED) is 0.836. The van der Waals surface area contributed by atoms with Crippen LogP contribution in [0, 0.1) is 0 Å². The number of nitrogens with one attached hydrogen (secondary N) is 1. The summed E-state index contributed by atoms with van der Waals surface area (Å²) in [6, 6.07) is 8.55. The molecule has 0 fully saturated rings. The summed E-state index contributed by atoms with van der Waals surface area (Å²) in [4.78, 5) is 0. The molecule has 0 bridgehead atoms. The zero-order chi connectivity index (χ0) is 13.1. The van der Waals surface area contributed by atoms with Gasteiger partial charge in [0.05, 0.1) is 0 Å². The molecule has 2 heteroatoms. The maximum atomic E-state index is 8.99. The van der Waals surface area contributed by atoms with Crippen LogP contribution in [0.3, 0.4) is 0 Å². The van der Waals surface area contributed by atoms with E-state index in [1.807, 2.05) is 0 Å². The van der Waals surface area contributed by atoms with Crippen molar-refractivity contribution in [3.63, 3.8) is 0 Å². The van der Waals surface area contributed by atoms with Gasteiger partial charge in [-0.25, -0.2) is 0 Å². The fourth-order valence-corrected chi connectivity index (χ4v) is 1.79. The van der Waals surface area contributed by atoms with Crippen molar-refractivity contribution in [3.8, 4) is 0 Å². The van der Waals surface area contributed by atoms with E-state index in [4.69, 9.17) is 5.11 Å². The van der Waals surface area contributed by atoms with Crippen LogP contribution in [0.4, 0.5) is 5.69 Å². The van der Waals surface area contributed by atoms with Gasteiger partial charge in [-0.3, -0.25) is 0 Å². The number of rotatable bonds is 4. The van der Waals surface area contributed by atoms with Gasteiger partial charge in [0.15, 0.2) is 0 Å². The maximum absolute atomic E-state index is 8.99. The lowest BCUT2D eigenvalue weighted by atomic mass is 9.87. The monoisotopic (exact) mass is 235 g/mol. The molecule has 0 aliphatic heterocycles. The van der Waals surface area contributed by atoms with Gasteiger partial charge < -0.3 is 10.4 Å². The Bertz CT molecular complexity index is 346. The highest BCUT2D eigenvalue weighted by Crippen LogP contribution is 2.25. The van der Waals surface area contributed by atoms with Crippen LogP contribution in [0.2, 0.25) is 0 Å². The van der Waals surface area contributed by atoms with Crippen LogP contribution < -0.4 is 5.32 Å². The normalized spacial score (nSPS) is 12.6. The second-order valence-corrected chi connectivity index (χ2v) is 6.31. The van der Waals surface area contributed by atoms with Gasteiger partial charge in [0, 0.05) is 17.8 Å². The summed E-state index contributed by atoms with van der Waals surface area (Å²) in [7, 11) is 0. The maximum Gasteiger partial charge on any atom is 0.0453 e. The van der Waals surface area contributed by atoms with E-state index in [2.05, 4.69) is 64.2 Å². The third kappa shape index (κ3) is 4.39. The molecule has 1 aromatic carbocycles. The van der Waals surface area contributed by atoms with Crippen molar-refractivity contribution in [1.29, 1.82) is 0 Å². The van der Waals surface area contributed by atoms with Gasteiger partial charge in [-0.1, -0.05) is 32.9 Å². The van der Waals surface area contributed by atoms with Gasteiger partial charge in [0.1, 0.15) is 0 Å². The Kier molecular flexibility index (Phi) is 4.21. The van der Waals surface area contributed by atoms with E-state index in [9.17, 15) is 0 Å². The molecule has 0 amide bonds. The molecule has 2 N–H and O–H groups in total. The molecule has 0 unspecified atom stereocenters. The average Bonchev–Trinajstić information content (AvgIpc) is 2.16. The van der Waals surface area contributed by atoms with Crippen LogP contribution >= 0.6 is 0 Å². The molecule has 0 saturated carbocycles. The largest absolute Gasteiger partial charge is 0.396 e. The Morgan fingerprint density at radius 1 is 1.00 bits per heavy atom. The molecule has 0 atom stereocenters. The minimum atomic E-state index is -0.0714. The van der Waals surface area contributed by atoms with E-state index < -0.39 is 0 Å². The van der Waals surface area contributed by atoms with Crippen LogP contribution in [0.15, 0.2) is 24.3 Å². The van der Waals surface area contributed by atoms with Crippen molar-refractivity contribution in [2.75, 3.05) is 11.9 Å². The molecule has 0 aromatic heterocycles. The molecule has 0 saturated heterocycles. The minimum Gasteiger partial charge on any atom is -0.396 e. The molecule has 0 radical (unpaired) electrons. The molecule has 0 spiro atoms. The Morgan fingerprint density at radius 2 is 1.53 bits per heavy atom. The first kappa shape index (κ1) is 14.0. The molecule has 96 valence electrons. The van der Waals surface area contributed by atoms with E-state index in [0.717, 1.165) is 12.1 Å². The third-order valence-electron chi connectivity index (χ3n) is 2.97. The van der Waals surface area contributed by atoms with Crippen LogP contribution in [0.5, 0.6) is 0 Å². The van der Waals surface area contributed by atoms with Gasteiger partial charge >= 0.3 is 0 Å². The Morgan fingerprint density at radius 3 is 1.94 bits per heavy atom. The smallest absolute Gasteiger partial charge is 0.0453 e. The standard InChI is InChI=1S/C15H25NO/c1-14(2,3)12-6-8-13(9-7-12)16-15(4,5)10-11-17/h6-9,16-17H,10-11H2,1-5H3. The number of aliphatic hydroxyl groups is 1. The van der Waals surface area contributed by atoms with Gasteiger partial charge in [0.2, 0.25) is 0 Å². The molecule has 0 aliphatic rings. The van der Waals surface area contributed by atoms with Gasteiger partial charge in [-0.2, -0.15) is 0 Å². The van der Waals surface area contributed by atoms with Gasteiger partial charge in [0.25, 0.3) is 0 Å². The summed E-state index contributed by atoms with van der Waals surface area (Å²) >= 11 is 0. The highest BCUT2D eigenvalue weighted by Gasteiger charge is 2.17. The van der Waals surface area contributed by atoms with Crippen LogP contribution in [0.1, 0.15) is 46.6 Å². The summed E-state index contributed by atoms with van der Waals surface area (Å²) < 4.78 is 0. The fraction of sp³-hybridized carbons (Fsp3) is 0.600. The summed E-state index contributed by atoms with van der Waals surface area (Å²) in [5, 5.41) is 12.4. The second-order valence-electron chi connectivity index (χ2n) is 6.31. The molecular formula is C15H25NO. The molecule has 2 nitrogen and oxygen atoms in total. The third-order valence-corrected chi connectivity index (χ3v) is 2.97. The van der Waals surface area contributed by atoms with Crippen molar-refractivity contribution in [1.82, 2.24) is 0 Å². The van der Waals surface area contributed by atoms with E-state index in [-0.39, 0.29) is 17.6 Å². The first-order valence-electron chi connectivity index (χ1n) is 6.24. The highest BCUT2D eigenvalue weighted by atomic mass is 16.3. The lowest BCUT2D eigenvalue weighted by molar-refractivity contribution is 0.261. The van der Waals surface area contributed by atoms with Crippen molar-refractivity contribution in [3.05, 3.63) is 29.8 Å². The zero-order valence-electron chi connectivity index (χ0n) is 11.7. The number of hydrogen-bond acceptors (Lipinski definition) is 2. The summed E-state index contributed by atoms with van der Waals surface area (Å²) in [6.45, 7) is 11.0. The van der Waals surface area contributed by atoms with Crippen LogP contribution in [-0.2, 0) is 5.41 Å². The van der Waals surface area contributed by atoms with E-state index in [1.165, 1.54) is 5.56 Å². The second kappa shape index (κ2) is 5.09. The average molecular weight is 235 g/mol. The molecule has 0 aliphatic carbocycles. The Balaban J connectivity index is 2.75. The highest BCUT2D eigenvalue weighted by molar-refractivity contribution is 5.47. The van der Waals surface area contributed by atoms with E-state index in [0.29, 0.717) is 0 Å². The Hall–Kier alpha value is -1.02. The molecular weight excluding hydrogens is 210 g/mol. The Labute approximate surface area is 105 Å². The van der Waals surface area contributed by atoms with E-state index >= 15 is 0 Å². The van der Waals surface area contributed by atoms with Crippen molar-refractivity contribution in [2.45, 2.75) is 52.0 Å². The lowest BCUT2D eigenvalue weighted by Gasteiger charge is -2.27. The zero-order valence-corrected chi connectivity index (χ0v) is 11.7. The number of aliphatic hydroxyl groups excluding tert-OH is 1. The number of benzene rings is 1. The van der Waals surface area contributed by atoms with Crippen LogP contribution in [0.25, 0.3) is 0 Å². The first-order valence-corrected chi connectivity index (χ1v) is 6.24. The topological polar surface area (TPSA) is 32.3 Å². The summed E-state index contributed by atoms with van der Waals surface area (Å²) in [5.41, 5.74) is 2.57. The van der Waals surface area contributed by atoms with Gasteiger partial charge in [-0.15, -0.1) is 0 Å². The molecule has 0 heterocycles.